The van der Waals surface area contributed by atoms with Crippen molar-refractivity contribution in [3.8, 4) is 11.1 Å². The molecular formula is C28H27N5O2. The molecule has 3 aromatic carbocycles. The van der Waals surface area contributed by atoms with Crippen LogP contribution >= 0.6 is 0 Å². The van der Waals surface area contributed by atoms with Gasteiger partial charge >= 0.3 is 0 Å². The SMILES string of the molecule is CC(=O)Nc1ccccc1C(=O)N1CCN(Cc2cnc[nH]2)c2ccc(-c3ccccc3)cc2C1. The van der Waals surface area contributed by atoms with Crippen molar-refractivity contribution in [2.24, 2.45) is 0 Å². The molecule has 1 aromatic heterocycles. The fourth-order valence-electron chi connectivity index (χ4n) is 4.53. The average molecular weight is 466 g/mol. The van der Waals surface area contributed by atoms with Gasteiger partial charge in [0, 0.05) is 38.4 Å². The zero-order valence-corrected chi connectivity index (χ0v) is 19.6. The Kier molecular flexibility index (Phi) is 6.30. The highest BCUT2D eigenvalue weighted by atomic mass is 16.2. The molecule has 0 atom stereocenters. The molecule has 176 valence electrons. The van der Waals surface area contributed by atoms with Crippen LogP contribution in [0.2, 0.25) is 0 Å². The normalized spacial score (nSPS) is 13.2. The van der Waals surface area contributed by atoms with Gasteiger partial charge in [-0.2, -0.15) is 0 Å². The first-order chi connectivity index (χ1) is 17.1. The summed E-state index contributed by atoms with van der Waals surface area (Å²) in [6, 6.07) is 23.9. The summed E-state index contributed by atoms with van der Waals surface area (Å²) in [6.07, 6.45) is 3.51. The van der Waals surface area contributed by atoms with Crippen molar-refractivity contribution in [3.63, 3.8) is 0 Å². The molecule has 0 aliphatic carbocycles. The number of aromatic nitrogens is 2. The van der Waals surface area contributed by atoms with Gasteiger partial charge < -0.3 is 20.1 Å². The van der Waals surface area contributed by atoms with Crippen LogP contribution in [0.1, 0.15) is 28.5 Å². The number of carbonyl (C=O) groups excluding carboxylic acids is 2. The number of nitrogens with zero attached hydrogens (tertiary/aromatic N) is 3. The Morgan fingerprint density at radius 1 is 0.971 bits per heavy atom. The number of benzene rings is 3. The number of carbonyl (C=O) groups is 2. The molecule has 2 heterocycles. The quantitative estimate of drug-likeness (QED) is 0.448. The van der Waals surface area contributed by atoms with Crippen molar-refractivity contribution in [3.05, 3.63) is 102 Å². The predicted molar refractivity (Wildman–Crippen MR) is 137 cm³/mol. The summed E-state index contributed by atoms with van der Waals surface area (Å²) < 4.78 is 0. The third kappa shape index (κ3) is 4.94. The molecule has 5 rings (SSSR count). The highest BCUT2D eigenvalue weighted by molar-refractivity contribution is 6.03. The second-order valence-electron chi connectivity index (χ2n) is 8.66. The number of rotatable bonds is 5. The number of amides is 2. The van der Waals surface area contributed by atoms with Crippen molar-refractivity contribution >= 4 is 23.2 Å². The minimum Gasteiger partial charge on any atom is -0.364 e. The van der Waals surface area contributed by atoms with Crippen molar-refractivity contribution in [1.29, 1.82) is 0 Å². The number of nitrogens with one attached hydrogen (secondary N) is 2. The maximum Gasteiger partial charge on any atom is 0.256 e. The van der Waals surface area contributed by atoms with E-state index in [1.165, 1.54) is 6.92 Å². The van der Waals surface area contributed by atoms with Crippen molar-refractivity contribution < 1.29 is 9.59 Å². The number of hydrogen-bond donors (Lipinski definition) is 2. The van der Waals surface area contributed by atoms with E-state index < -0.39 is 0 Å². The van der Waals surface area contributed by atoms with Gasteiger partial charge in [0.25, 0.3) is 5.91 Å². The van der Waals surface area contributed by atoms with Crippen molar-refractivity contribution in [2.45, 2.75) is 20.0 Å². The van der Waals surface area contributed by atoms with Gasteiger partial charge in [0.1, 0.15) is 0 Å². The van der Waals surface area contributed by atoms with Crippen LogP contribution in [-0.2, 0) is 17.9 Å². The smallest absolute Gasteiger partial charge is 0.256 e. The molecule has 1 aliphatic rings. The maximum absolute atomic E-state index is 13.7. The number of fused-ring (bicyclic) bond motifs is 1. The molecule has 7 heteroatoms. The highest BCUT2D eigenvalue weighted by Crippen LogP contribution is 2.32. The van der Waals surface area contributed by atoms with Crippen molar-refractivity contribution in [2.75, 3.05) is 23.3 Å². The van der Waals surface area contributed by atoms with E-state index in [9.17, 15) is 9.59 Å². The molecule has 2 N–H and O–H groups in total. The molecule has 1 aliphatic heterocycles. The molecule has 2 amide bonds. The van der Waals surface area contributed by atoms with Crippen LogP contribution in [0.4, 0.5) is 11.4 Å². The third-order valence-electron chi connectivity index (χ3n) is 6.20. The average Bonchev–Trinajstić information content (AvgIpc) is 3.32. The monoisotopic (exact) mass is 465 g/mol. The lowest BCUT2D eigenvalue weighted by Gasteiger charge is -2.24. The molecule has 0 saturated carbocycles. The van der Waals surface area contributed by atoms with Crippen LogP contribution in [0.25, 0.3) is 11.1 Å². The Morgan fingerprint density at radius 2 is 1.77 bits per heavy atom. The van der Waals surface area contributed by atoms with Gasteiger partial charge in [-0.15, -0.1) is 0 Å². The molecule has 0 spiro atoms. The summed E-state index contributed by atoms with van der Waals surface area (Å²) in [6.45, 7) is 3.81. The predicted octanol–water partition coefficient (Wildman–Crippen LogP) is 4.70. The minimum atomic E-state index is -0.204. The Morgan fingerprint density at radius 3 is 2.54 bits per heavy atom. The molecule has 0 radical (unpaired) electrons. The van der Waals surface area contributed by atoms with E-state index in [0.29, 0.717) is 37.4 Å². The van der Waals surface area contributed by atoms with Gasteiger partial charge in [0.05, 0.1) is 29.8 Å². The second-order valence-corrected chi connectivity index (χ2v) is 8.66. The standard InChI is InChI=1S/C28H27N5O2/c1-20(34)31-26-10-6-5-9-25(26)28(35)33-14-13-32(18-24-16-29-19-30-24)27-12-11-22(15-23(27)17-33)21-7-3-2-4-8-21/h2-12,15-16,19H,13-14,17-18H2,1H3,(H,29,30)(H,31,34). The van der Waals surface area contributed by atoms with Crippen molar-refractivity contribution in [1.82, 2.24) is 14.9 Å². The van der Waals surface area contributed by atoms with E-state index in [2.05, 4.69) is 50.5 Å². The number of hydrogen-bond acceptors (Lipinski definition) is 4. The van der Waals surface area contributed by atoms with E-state index in [0.717, 1.165) is 28.1 Å². The minimum absolute atomic E-state index is 0.103. The van der Waals surface area contributed by atoms with Gasteiger partial charge in [0.2, 0.25) is 5.91 Å². The Balaban J connectivity index is 1.51. The van der Waals surface area contributed by atoms with E-state index in [-0.39, 0.29) is 11.8 Å². The number of H-pyrrole nitrogens is 1. The summed E-state index contributed by atoms with van der Waals surface area (Å²) in [5.74, 6) is -0.307. The van der Waals surface area contributed by atoms with E-state index in [4.69, 9.17) is 0 Å². The number of para-hydroxylation sites is 1. The molecule has 4 aromatic rings. The number of anilines is 2. The second kappa shape index (κ2) is 9.85. The molecule has 35 heavy (non-hydrogen) atoms. The van der Waals surface area contributed by atoms with Gasteiger partial charge in [-0.25, -0.2) is 4.98 Å². The lowest BCUT2D eigenvalue weighted by atomic mass is 10.0. The molecule has 0 fully saturated rings. The van der Waals surface area contributed by atoms with Gasteiger partial charge in [-0.05, 0) is 41.0 Å². The van der Waals surface area contributed by atoms with Gasteiger partial charge in [-0.3, -0.25) is 9.59 Å². The summed E-state index contributed by atoms with van der Waals surface area (Å²) in [4.78, 5) is 36.9. The molecule has 0 saturated heterocycles. The molecule has 0 bridgehead atoms. The Bertz CT molecular complexity index is 1330. The van der Waals surface area contributed by atoms with Crippen LogP contribution in [0, 0.1) is 0 Å². The zero-order valence-electron chi connectivity index (χ0n) is 19.6. The Labute approximate surface area is 204 Å². The van der Waals surface area contributed by atoms with Gasteiger partial charge in [-0.1, -0.05) is 48.5 Å². The number of imidazole rings is 1. The summed E-state index contributed by atoms with van der Waals surface area (Å²) in [5.41, 5.74) is 6.46. The first-order valence-corrected chi connectivity index (χ1v) is 11.6. The lowest BCUT2D eigenvalue weighted by Crippen LogP contribution is -2.35. The lowest BCUT2D eigenvalue weighted by molar-refractivity contribution is -0.114. The van der Waals surface area contributed by atoms with E-state index in [1.807, 2.05) is 41.4 Å². The molecular weight excluding hydrogens is 438 g/mol. The topological polar surface area (TPSA) is 81.3 Å². The van der Waals surface area contributed by atoms with Crippen LogP contribution in [0.3, 0.4) is 0 Å². The zero-order chi connectivity index (χ0) is 24.2. The number of aromatic amines is 1. The van der Waals surface area contributed by atoms with Gasteiger partial charge in [0.15, 0.2) is 0 Å². The molecule has 0 unspecified atom stereocenters. The van der Waals surface area contributed by atoms with Crippen LogP contribution in [-0.4, -0.2) is 39.8 Å². The van der Waals surface area contributed by atoms with Crippen LogP contribution in [0.15, 0.2) is 85.3 Å². The fraction of sp³-hybridized carbons (Fsp3) is 0.179. The first kappa shape index (κ1) is 22.4. The fourth-order valence-corrected chi connectivity index (χ4v) is 4.53. The first-order valence-electron chi connectivity index (χ1n) is 11.6. The third-order valence-corrected chi connectivity index (χ3v) is 6.20. The van der Waals surface area contributed by atoms with Crippen LogP contribution in [0.5, 0.6) is 0 Å². The summed E-state index contributed by atoms with van der Waals surface area (Å²) in [7, 11) is 0. The Hall–Kier alpha value is -4.39. The largest absolute Gasteiger partial charge is 0.364 e. The highest BCUT2D eigenvalue weighted by Gasteiger charge is 2.26. The van der Waals surface area contributed by atoms with E-state index >= 15 is 0 Å². The summed E-state index contributed by atoms with van der Waals surface area (Å²) in [5, 5.41) is 2.79. The maximum atomic E-state index is 13.7. The summed E-state index contributed by atoms with van der Waals surface area (Å²) >= 11 is 0. The molecule has 7 nitrogen and oxygen atoms in total. The van der Waals surface area contributed by atoms with Crippen LogP contribution < -0.4 is 10.2 Å². The van der Waals surface area contributed by atoms with E-state index in [1.54, 1.807) is 18.5 Å².